The van der Waals surface area contributed by atoms with Gasteiger partial charge in [-0.2, -0.15) is 0 Å². The Bertz CT molecular complexity index is 481. The highest BCUT2D eigenvalue weighted by molar-refractivity contribution is 6.30. The Morgan fingerprint density at radius 3 is 2.63 bits per heavy atom. The summed E-state index contributed by atoms with van der Waals surface area (Å²) in [5.41, 5.74) is 1.99. The van der Waals surface area contributed by atoms with Crippen molar-refractivity contribution < 1.29 is 4.74 Å². The SMILES string of the molecule is COC1(c2nc(Cl)c3c(n2)CCC3)CCC(C)CC1. The molecule has 0 N–H and O–H groups in total. The maximum atomic E-state index is 6.33. The summed E-state index contributed by atoms with van der Waals surface area (Å²) in [6.45, 7) is 2.30. The van der Waals surface area contributed by atoms with E-state index in [2.05, 4.69) is 11.9 Å². The number of halogens is 1. The van der Waals surface area contributed by atoms with Gasteiger partial charge in [-0.05, 0) is 50.9 Å². The minimum atomic E-state index is -0.312. The molecule has 0 aromatic carbocycles. The standard InChI is InChI=1S/C15H21ClN2O/c1-10-6-8-15(19-2,9-7-10)14-17-12-5-3-4-11(12)13(16)18-14/h10H,3-9H2,1-2H3. The van der Waals surface area contributed by atoms with Gasteiger partial charge in [0.1, 0.15) is 10.8 Å². The third kappa shape index (κ3) is 2.27. The van der Waals surface area contributed by atoms with E-state index in [-0.39, 0.29) is 5.60 Å². The van der Waals surface area contributed by atoms with Crippen molar-refractivity contribution in [2.24, 2.45) is 5.92 Å². The minimum Gasteiger partial charge on any atom is -0.370 e. The molecule has 0 radical (unpaired) electrons. The Hall–Kier alpha value is -0.670. The maximum Gasteiger partial charge on any atom is 0.162 e. The molecule has 0 amide bonds. The van der Waals surface area contributed by atoms with Crippen LogP contribution in [0.15, 0.2) is 0 Å². The fourth-order valence-electron chi connectivity index (χ4n) is 3.34. The number of ether oxygens (including phenoxy) is 1. The van der Waals surface area contributed by atoms with Crippen molar-refractivity contribution >= 4 is 11.6 Å². The van der Waals surface area contributed by atoms with Crippen LogP contribution in [-0.4, -0.2) is 17.1 Å². The van der Waals surface area contributed by atoms with Gasteiger partial charge >= 0.3 is 0 Å². The Labute approximate surface area is 119 Å². The molecule has 2 aliphatic rings. The number of aryl methyl sites for hydroxylation is 1. The second-order valence-corrected chi connectivity index (χ2v) is 6.36. The first-order chi connectivity index (χ1) is 9.14. The van der Waals surface area contributed by atoms with Gasteiger partial charge in [-0.15, -0.1) is 0 Å². The second kappa shape index (κ2) is 5.02. The average molecular weight is 281 g/mol. The van der Waals surface area contributed by atoms with E-state index in [1.54, 1.807) is 7.11 Å². The van der Waals surface area contributed by atoms with E-state index in [0.717, 1.165) is 55.1 Å². The number of fused-ring (bicyclic) bond motifs is 1. The molecule has 3 nitrogen and oxygen atoms in total. The molecule has 0 bridgehead atoms. The summed E-state index contributed by atoms with van der Waals surface area (Å²) >= 11 is 6.33. The van der Waals surface area contributed by atoms with Crippen LogP contribution in [-0.2, 0) is 23.2 Å². The summed E-state index contributed by atoms with van der Waals surface area (Å²) in [4.78, 5) is 9.35. The molecule has 4 heteroatoms. The Morgan fingerprint density at radius 1 is 1.21 bits per heavy atom. The molecular weight excluding hydrogens is 260 g/mol. The van der Waals surface area contributed by atoms with E-state index in [4.69, 9.17) is 21.3 Å². The fourth-order valence-corrected chi connectivity index (χ4v) is 3.62. The molecule has 104 valence electrons. The van der Waals surface area contributed by atoms with Crippen molar-refractivity contribution in [3.63, 3.8) is 0 Å². The first-order valence-corrected chi connectivity index (χ1v) is 7.63. The summed E-state index contributed by atoms with van der Waals surface area (Å²) in [6, 6.07) is 0. The first-order valence-electron chi connectivity index (χ1n) is 7.25. The maximum absolute atomic E-state index is 6.33. The molecule has 0 aliphatic heterocycles. The molecule has 1 saturated carbocycles. The van der Waals surface area contributed by atoms with Crippen molar-refractivity contribution in [3.8, 4) is 0 Å². The number of hydrogen-bond donors (Lipinski definition) is 0. The van der Waals surface area contributed by atoms with Gasteiger partial charge in [0.25, 0.3) is 0 Å². The molecular formula is C15H21ClN2O. The number of aromatic nitrogens is 2. The van der Waals surface area contributed by atoms with Gasteiger partial charge in [-0.1, -0.05) is 18.5 Å². The fraction of sp³-hybridized carbons (Fsp3) is 0.733. The number of hydrogen-bond acceptors (Lipinski definition) is 3. The van der Waals surface area contributed by atoms with Gasteiger partial charge in [0.05, 0.1) is 0 Å². The van der Waals surface area contributed by atoms with Crippen LogP contribution in [0.4, 0.5) is 0 Å². The largest absolute Gasteiger partial charge is 0.370 e. The van der Waals surface area contributed by atoms with Crippen LogP contribution in [0.5, 0.6) is 0 Å². The lowest BCUT2D eigenvalue weighted by atomic mass is 9.79. The zero-order chi connectivity index (χ0) is 13.5. The Kier molecular flexibility index (Phi) is 3.52. The van der Waals surface area contributed by atoms with E-state index in [0.29, 0.717) is 5.15 Å². The summed E-state index contributed by atoms with van der Waals surface area (Å²) in [5.74, 6) is 1.58. The van der Waals surface area contributed by atoms with Crippen LogP contribution >= 0.6 is 11.6 Å². The molecule has 2 aliphatic carbocycles. The molecule has 0 spiro atoms. The zero-order valence-electron chi connectivity index (χ0n) is 11.7. The summed E-state index contributed by atoms with van der Waals surface area (Å²) in [6.07, 6.45) is 7.54. The van der Waals surface area contributed by atoms with Crippen molar-refractivity contribution in [2.45, 2.75) is 57.5 Å². The third-order valence-corrected chi connectivity index (χ3v) is 5.08. The molecule has 19 heavy (non-hydrogen) atoms. The number of methoxy groups -OCH3 is 1. The lowest BCUT2D eigenvalue weighted by Gasteiger charge is -2.37. The van der Waals surface area contributed by atoms with Crippen LogP contribution < -0.4 is 0 Å². The van der Waals surface area contributed by atoms with Crippen LogP contribution in [0, 0.1) is 5.92 Å². The second-order valence-electron chi connectivity index (χ2n) is 6.00. The van der Waals surface area contributed by atoms with Gasteiger partial charge in [-0.3, -0.25) is 0 Å². The lowest BCUT2D eigenvalue weighted by Crippen LogP contribution is -2.35. The lowest BCUT2D eigenvalue weighted by molar-refractivity contribution is -0.0598. The molecule has 3 rings (SSSR count). The minimum absolute atomic E-state index is 0.312. The van der Waals surface area contributed by atoms with Crippen LogP contribution in [0.1, 0.15) is 56.1 Å². The van der Waals surface area contributed by atoms with E-state index < -0.39 is 0 Å². The van der Waals surface area contributed by atoms with Gasteiger partial charge in [0.2, 0.25) is 0 Å². The van der Waals surface area contributed by atoms with Gasteiger partial charge in [0.15, 0.2) is 5.82 Å². The number of nitrogens with zero attached hydrogens (tertiary/aromatic N) is 2. The van der Waals surface area contributed by atoms with Crippen molar-refractivity contribution in [3.05, 3.63) is 22.2 Å². The van der Waals surface area contributed by atoms with Crippen LogP contribution in [0.3, 0.4) is 0 Å². The average Bonchev–Trinajstić information content (AvgIpc) is 2.89. The van der Waals surface area contributed by atoms with E-state index in [9.17, 15) is 0 Å². The molecule has 0 atom stereocenters. The van der Waals surface area contributed by atoms with Gasteiger partial charge in [-0.25, -0.2) is 9.97 Å². The molecule has 0 saturated heterocycles. The predicted octanol–water partition coefficient (Wildman–Crippen LogP) is 3.67. The third-order valence-electron chi connectivity index (χ3n) is 4.76. The quantitative estimate of drug-likeness (QED) is 0.775. The van der Waals surface area contributed by atoms with Crippen molar-refractivity contribution in [1.29, 1.82) is 0 Å². The van der Waals surface area contributed by atoms with Gasteiger partial charge in [0, 0.05) is 18.4 Å². The molecule has 1 aromatic heterocycles. The normalized spacial score (nSPS) is 30.4. The summed E-state index contributed by atoms with van der Waals surface area (Å²) in [5, 5.41) is 0.646. The van der Waals surface area contributed by atoms with Gasteiger partial charge < -0.3 is 4.74 Å². The van der Waals surface area contributed by atoms with Crippen molar-refractivity contribution in [2.75, 3.05) is 7.11 Å². The monoisotopic (exact) mass is 280 g/mol. The van der Waals surface area contributed by atoms with E-state index >= 15 is 0 Å². The summed E-state index contributed by atoms with van der Waals surface area (Å²) in [7, 11) is 1.78. The molecule has 1 fully saturated rings. The topological polar surface area (TPSA) is 35.0 Å². The highest BCUT2D eigenvalue weighted by Crippen LogP contribution is 2.41. The Balaban J connectivity index is 1.98. The van der Waals surface area contributed by atoms with Crippen LogP contribution in [0.25, 0.3) is 0 Å². The van der Waals surface area contributed by atoms with Crippen LogP contribution in [0.2, 0.25) is 5.15 Å². The van der Waals surface area contributed by atoms with E-state index in [1.807, 2.05) is 0 Å². The first kappa shape index (κ1) is 13.3. The molecule has 1 aromatic rings. The molecule has 0 unspecified atom stereocenters. The summed E-state index contributed by atoms with van der Waals surface area (Å²) < 4.78 is 5.84. The smallest absolute Gasteiger partial charge is 0.162 e. The zero-order valence-corrected chi connectivity index (χ0v) is 12.5. The highest BCUT2D eigenvalue weighted by Gasteiger charge is 2.39. The van der Waals surface area contributed by atoms with E-state index in [1.165, 1.54) is 12.8 Å². The highest BCUT2D eigenvalue weighted by atomic mass is 35.5. The Morgan fingerprint density at radius 2 is 1.95 bits per heavy atom. The number of rotatable bonds is 2. The molecule has 1 heterocycles. The van der Waals surface area contributed by atoms with Crippen molar-refractivity contribution in [1.82, 2.24) is 9.97 Å². The predicted molar refractivity (Wildman–Crippen MR) is 75.4 cm³/mol.